The number of alkyl halides is 1. The smallest absolute Gasteiger partial charge is 0.136 e. The number of hydrogen-bond donors (Lipinski definition) is 1. The Balaban J connectivity index is 1.27. The number of nitrogen functional groups attached to an aromatic ring is 1. The van der Waals surface area contributed by atoms with Crippen molar-refractivity contribution in [3.63, 3.8) is 0 Å². The summed E-state index contributed by atoms with van der Waals surface area (Å²) in [4.78, 5) is 15.4. The van der Waals surface area contributed by atoms with Gasteiger partial charge in [-0.25, -0.2) is 14.4 Å². The number of aromatic nitrogens is 2. The van der Waals surface area contributed by atoms with Gasteiger partial charge in [-0.15, -0.1) is 0 Å². The van der Waals surface area contributed by atoms with Gasteiger partial charge in [0.05, 0.1) is 11.3 Å². The van der Waals surface area contributed by atoms with Crippen molar-refractivity contribution in [3.8, 4) is 6.07 Å². The van der Waals surface area contributed by atoms with Gasteiger partial charge < -0.3 is 10.6 Å². The first-order valence-electron chi connectivity index (χ1n) is 15.6. The summed E-state index contributed by atoms with van der Waals surface area (Å²) < 4.78 is 14.5. The second kappa shape index (κ2) is 9.41. The summed E-state index contributed by atoms with van der Waals surface area (Å²) in [5.74, 6) is 3.13. The van der Waals surface area contributed by atoms with Crippen LogP contribution < -0.4 is 10.6 Å². The van der Waals surface area contributed by atoms with Gasteiger partial charge >= 0.3 is 0 Å². The van der Waals surface area contributed by atoms with Crippen molar-refractivity contribution < 1.29 is 4.39 Å². The topological polar surface area (TPSA) is 82.1 Å². The third-order valence-corrected chi connectivity index (χ3v) is 11.6. The van der Waals surface area contributed by atoms with E-state index in [0.29, 0.717) is 42.1 Å². The van der Waals surface area contributed by atoms with E-state index in [-0.39, 0.29) is 11.0 Å². The number of nitrogens with zero attached hydrogens (tertiary/aromatic N) is 5. The molecule has 0 saturated carbocycles. The van der Waals surface area contributed by atoms with Gasteiger partial charge in [-0.1, -0.05) is 19.9 Å². The molecule has 6 atom stereocenters. The summed E-state index contributed by atoms with van der Waals surface area (Å²) in [7, 11) is 0. The zero-order valence-corrected chi connectivity index (χ0v) is 24.3. The third-order valence-electron chi connectivity index (χ3n) is 11.6. The molecule has 4 heterocycles. The van der Waals surface area contributed by atoms with E-state index in [1.165, 1.54) is 22.4 Å². The minimum Gasteiger partial charge on any atom is -0.398 e. The molecule has 1 aromatic carbocycles. The van der Waals surface area contributed by atoms with Crippen molar-refractivity contribution in [3.05, 3.63) is 45.9 Å². The van der Waals surface area contributed by atoms with Gasteiger partial charge in [0.15, 0.2) is 0 Å². The average molecular weight is 543 g/mol. The Morgan fingerprint density at radius 2 is 2.00 bits per heavy atom. The molecule has 3 saturated heterocycles. The standard InChI is InChI=1S/C33H43FN6/c1-20-7-11-32(30-24(20)5-6-27(36)26(30)17-35)12-8-25-28(16-32)37-29(38-31(25)40-18-21(2)22(40)3)9-13-33-10-4-14-39(33)19-23(34)15-33/h5-6,20-23H,4,7-16,18-19,36H2,1-3H3. The number of fused-ring (bicyclic) bond motifs is 4. The molecule has 2 aromatic rings. The maximum atomic E-state index is 14.5. The van der Waals surface area contributed by atoms with Gasteiger partial charge in [0, 0.05) is 47.8 Å². The van der Waals surface area contributed by atoms with Crippen LogP contribution in [0.15, 0.2) is 12.1 Å². The van der Waals surface area contributed by atoms with Gasteiger partial charge in [0.25, 0.3) is 0 Å². The Morgan fingerprint density at radius 1 is 1.15 bits per heavy atom. The normalized spacial score (nSPS) is 34.7. The van der Waals surface area contributed by atoms with Crippen LogP contribution in [0, 0.1) is 17.2 Å². The van der Waals surface area contributed by atoms with Crippen molar-refractivity contribution in [2.45, 2.75) is 114 Å². The first-order valence-corrected chi connectivity index (χ1v) is 15.6. The van der Waals surface area contributed by atoms with Crippen LogP contribution in [0.1, 0.15) is 105 Å². The third kappa shape index (κ3) is 3.89. The molecule has 5 aliphatic rings. The summed E-state index contributed by atoms with van der Waals surface area (Å²) in [6.07, 6.45) is 8.85. The van der Waals surface area contributed by atoms with Gasteiger partial charge in [-0.3, -0.25) is 4.90 Å². The van der Waals surface area contributed by atoms with Crippen LogP contribution in [0.4, 0.5) is 15.9 Å². The second-order valence-corrected chi connectivity index (χ2v) is 13.8. The van der Waals surface area contributed by atoms with Crippen LogP contribution in [0.25, 0.3) is 0 Å². The van der Waals surface area contributed by atoms with Crippen molar-refractivity contribution in [2.24, 2.45) is 5.92 Å². The van der Waals surface area contributed by atoms with Crippen molar-refractivity contribution in [2.75, 3.05) is 30.3 Å². The van der Waals surface area contributed by atoms with E-state index in [1.807, 2.05) is 6.07 Å². The largest absolute Gasteiger partial charge is 0.398 e. The Labute approximate surface area is 238 Å². The van der Waals surface area contributed by atoms with E-state index >= 15 is 0 Å². The van der Waals surface area contributed by atoms with E-state index < -0.39 is 6.17 Å². The highest BCUT2D eigenvalue weighted by atomic mass is 19.1. The fourth-order valence-corrected chi connectivity index (χ4v) is 9.06. The lowest BCUT2D eigenvalue weighted by Crippen LogP contribution is -2.54. The molecule has 40 heavy (non-hydrogen) atoms. The monoisotopic (exact) mass is 542 g/mol. The maximum absolute atomic E-state index is 14.5. The fourth-order valence-electron chi connectivity index (χ4n) is 9.06. The number of benzene rings is 1. The zero-order chi connectivity index (χ0) is 27.8. The van der Waals surface area contributed by atoms with Gasteiger partial charge in [-0.05, 0) is 100 Å². The van der Waals surface area contributed by atoms with Crippen molar-refractivity contribution in [1.29, 1.82) is 5.26 Å². The van der Waals surface area contributed by atoms with Gasteiger partial charge in [0.1, 0.15) is 23.9 Å². The molecule has 6 nitrogen and oxygen atoms in total. The molecule has 0 radical (unpaired) electrons. The van der Waals surface area contributed by atoms with E-state index in [0.717, 1.165) is 82.5 Å². The highest BCUT2D eigenvalue weighted by Gasteiger charge is 2.49. The van der Waals surface area contributed by atoms with Crippen LogP contribution in [-0.4, -0.2) is 52.3 Å². The average Bonchev–Trinajstić information content (AvgIpc) is 3.47. The number of anilines is 2. The summed E-state index contributed by atoms with van der Waals surface area (Å²) in [6, 6.07) is 7.04. The predicted octanol–water partition coefficient (Wildman–Crippen LogP) is 5.61. The Bertz CT molecular complexity index is 1380. The first-order chi connectivity index (χ1) is 19.2. The SMILES string of the molecule is CC1CCC2(CCc3c(nc(CCC45CCCN4CC(F)C5)nc3N3CC(C)C3C)C2)c2c1ccc(N)c2C#N. The lowest BCUT2D eigenvalue weighted by Gasteiger charge is -2.49. The van der Waals surface area contributed by atoms with Crippen LogP contribution in [0.3, 0.4) is 0 Å². The molecule has 2 aliphatic carbocycles. The number of aryl methyl sites for hydroxylation is 1. The van der Waals surface area contributed by atoms with E-state index in [9.17, 15) is 9.65 Å². The molecule has 0 amide bonds. The molecule has 1 spiro atoms. The molecule has 212 valence electrons. The van der Waals surface area contributed by atoms with Gasteiger partial charge in [-0.2, -0.15) is 5.26 Å². The minimum absolute atomic E-state index is 0.0176. The molecule has 6 unspecified atom stereocenters. The summed E-state index contributed by atoms with van der Waals surface area (Å²) in [6.45, 7) is 9.55. The molecular weight excluding hydrogens is 499 g/mol. The van der Waals surface area contributed by atoms with Crippen molar-refractivity contribution >= 4 is 11.5 Å². The zero-order valence-electron chi connectivity index (χ0n) is 24.3. The Kier molecular flexibility index (Phi) is 6.16. The van der Waals surface area contributed by atoms with Gasteiger partial charge in [0.2, 0.25) is 0 Å². The summed E-state index contributed by atoms with van der Waals surface area (Å²) >= 11 is 0. The lowest BCUT2D eigenvalue weighted by atomic mass is 9.59. The molecule has 7 heteroatoms. The number of nitriles is 1. The van der Waals surface area contributed by atoms with E-state index in [2.05, 4.69) is 42.7 Å². The molecule has 0 bridgehead atoms. The Morgan fingerprint density at radius 3 is 2.77 bits per heavy atom. The van der Waals surface area contributed by atoms with E-state index in [1.54, 1.807) is 0 Å². The highest BCUT2D eigenvalue weighted by molar-refractivity contribution is 5.65. The fraction of sp³-hybridized carbons (Fsp3) is 0.667. The summed E-state index contributed by atoms with van der Waals surface area (Å²) in [5.41, 5.74) is 12.5. The number of hydrogen-bond acceptors (Lipinski definition) is 6. The van der Waals surface area contributed by atoms with Crippen LogP contribution in [0.5, 0.6) is 0 Å². The molecule has 1 aromatic heterocycles. The number of nitrogens with two attached hydrogens (primary N) is 1. The lowest BCUT2D eigenvalue weighted by molar-refractivity contribution is 0.181. The minimum atomic E-state index is -0.709. The molecule has 7 rings (SSSR count). The first kappa shape index (κ1) is 26.2. The summed E-state index contributed by atoms with van der Waals surface area (Å²) in [5, 5.41) is 10.2. The maximum Gasteiger partial charge on any atom is 0.136 e. The van der Waals surface area contributed by atoms with Crippen LogP contribution >= 0.6 is 0 Å². The van der Waals surface area contributed by atoms with Crippen LogP contribution in [0.2, 0.25) is 0 Å². The molecule has 3 aliphatic heterocycles. The number of halogens is 1. The van der Waals surface area contributed by atoms with E-state index in [4.69, 9.17) is 15.7 Å². The number of rotatable bonds is 4. The van der Waals surface area contributed by atoms with Crippen molar-refractivity contribution in [1.82, 2.24) is 14.9 Å². The predicted molar refractivity (Wildman–Crippen MR) is 156 cm³/mol. The second-order valence-electron chi connectivity index (χ2n) is 13.8. The Hall–Kier alpha value is -2.72. The quantitative estimate of drug-likeness (QED) is 0.506. The molecule has 2 N–H and O–H groups in total. The molecule has 3 fully saturated rings. The van der Waals surface area contributed by atoms with Crippen LogP contribution in [-0.2, 0) is 24.7 Å². The highest BCUT2D eigenvalue weighted by Crippen LogP contribution is 2.52. The molecular formula is C33H43FN6.